The number of aryl methyl sites for hydroxylation is 2. The lowest BCUT2D eigenvalue weighted by Crippen LogP contribution is -2.61. The molecule has 3 heterocycles. The minimum atomic E-state index is -0.126. The van der Waals surface area contributed by atoms with E-state index in [4.69, 9.17) is 4.42 Å². The molecule has 0 fully saturated rings. The van der Waals surface area contributed by atoms with Crippen molar-refractivity contribution in [1.29, 1.82) is 0 Å². The molecule has 4 aliphatic rings. The average molecular weight is 897 g/mol. The minimum absolute atomic E-state index is 0.0147. The van der Waals surface area contributed by atoms with Crippen LogP contribution in [-0.2, 0) is 32.5 Å². The Kier molecular flexibility index (Phi) is 9.62. The summed E-state index contributed by atoms with van der Waals surface area (Å²) in [5.74, 6) is 0. The lowest BCUT2D eigenvalue weighted by atomic mass is 9.35. The summed E-state index contributed by atoms with van der Waals surface area (Å²) in [6, 6.07) is 40.9. The molecule has 0 radical (unpaired) electrons. The Morgan fingerprint density at radius 3 is 1.59 bits per heavy atom. The molecular formula is C64H73BN2O. The van der Waals surface area contributed by atoms with Gasteiger partial charge in [-0.3, -0.25) is 0 Å². The van der Waals surface area contributed by atoms with Gasteiger partial charge in [-0.25, -0.2) is 0 Å². The van der Waals surface area contributed by atoms with Crippen molar-refractivity contribution in [3.8, 4) is 11.1 Å². The Morgan fingerprint density at radius 2 is 1.01 bits per heavy atom. The summed E-state index contributed by atoms with van der Waals surface area (Å²) in [6.07, 6.45) is 4.62. The number of hydrogen-bond donors (Lipinski definition) is 0. The Labute approximate surface area is 408 Å². The summed E-state index contributed by atoms with van der Waals surface area (Å²) in [4.78, 5) is 5.29. The number of benzene rings is 6. The van der Waals surface area contributed by atoms with E-state index in [0.29, 0.717) is 0 Å². The molecule has 348 valence electrons. The summed E-state index contributed by atoms with van der Waals surface area (Å²) in [5, 5.41) is 1.17. The van der Waals surface area contributed by atoms with Crippen LogP contribution in [-0.4, -0.2) is 6.71 Å². The molecule has 68 heavy (non-hydrogen) atoms. The van der Waals surface area contributed by atoms with Crippen LogP contribution in [0.4, 0.5) is 34.1 Å². The van der Waals surface area contributed by atoms with Crippen LogP contribution in [0, 0.1) is 13.8 Å². The van der Waals surface area contributed by atoms with Crippen molar-refractivity contribution in [2.45, 2.75) is 169 Å². The van der Waals surface area contributed by atoms with Gasteiger partial charge >= 0.3 is 0 Å². The molecule has 0 atom stereocenters. The Hall–Kier alpha value is -5.48. The molecule has 2 aliphatic carbocycles. The van der Waals surface area contributed by atoms with E-state index in [2.05, 4.69) is 224 Å². The lowest BCUT2D eigenvalue weighted by molar-refractivity contribution is 0.332. The van der Waals surface area contributed by atoms with E-state index < -0.39 is 0 Å². The highest BCUT2D eigenvalue weighted by Crippen LogP contribution is 2.55. The Bertz CT molecular complexity index is 3230. The van der Waals surface area contributed by atoms with E-state index in [1.54, 1.807) is 0 Å². The fourth-order valence-corrected chi connectivity index (χ4v) is 12.7. The van der Waals surface area contributed by atoms with Gasteiger partial charge in [-0.15, -0.1) is 0 Å². The predicted octanol–water partition coefficient (Wildman–Crippen LogP) is 16.1. The molecule has 7 aromatic rings. The van der Waals surface area contributed by atoms with Gasteiger partial charge in [0.15, 0.2) is 0 Å². The van der Waals surface area contributed by atoms with Crippen LogP contribution in [0.15, 0.2) is 108 Å². The molecule has 0 spiro atoms. The van der Waals surface area contributed by atoms with E-state index in [0.717, 1.165) is 36.2 Å². The second-order valence-electron chi connectivity index (χ2n) is 26.1. The van der Waals surface area contributed by atoms with Crippen LogP contribution < -0.4 is 26.4 Å². The zero-order valence-electron chi connectivity index (χ0n) is 44.0. The highest BCUT2D eigenvalue weighted by Gasteiger charge is 2.50. The molecule has 0 N–H and O–H groups in total. The van der Waals surface area contributed by atoms with Crippen LogP contribution in [0.25, 0.3) is 22.1 Å². The molecule has 1 aromatic heterocycles. The zero-order chi connectivity index (χ0) is 48.4. The van der Waals surface area contributed by atoms with E-state index in [9.17, 15) is 0 Å². The molecule has 6 aromatic carbocycles. The second kappa shape index (κ2) is 14.5. The van der Waals surface area contributed by atoms with Gasteiger partial charge in [-0.1, -0.05) is 145 Å². The van der Waals surface area contributed by atoms with Crippen molar-refractivity contribution in [2.75, 3.05) is 9.80 Å². The highest BCUT2D eigenvalue weighted by atomic mass is 16.3. The van der Waals surface area contributed by atoms with Gasteiger partial charge in [0, 0.05) is 33.7 Å². The fraction of sp³-hybridized carbons (Fsp3) is 0.406. The maximum atomic E-state index is 7.48. The number of nitrogens with zero attached hydrogens (tertiary/aromatic N) is 2. The van der Waals surface area contributed by atoms with Crippen LogP contribution in [0.2, 0.25) is 0 Å². The van der Waals surface area contributed by atoms with Crippen molar-refractivity contribution in [1.82, 2.24) is 0 Å². The average Bonchev–Trinajstić information content (AvgIpc) is 3.64. The van der Waals surface area contributed by atoms with Crippen LogP contribution >= 0.6 is 0 Å². The maximum absolute atomic E-state index is 7.48. The molecule has 3 nitrogen and oxygen atoms in total. The third-order valence-corrected chi connectivity index (χ3v) is 17.3. The standard InChI is InChI=1S/C64H73BN2O/c1-38-31-53-56-54(32-38)67(51-36-48-46(61(9,10)27-29-63(48,13)14)34-44(51)43-20-18-17-19-39(43)2)52-37-49-47(62(11,12)28-30-64(49,15)16)35-50(52)65(56)58-57(45-33-41(60(6,7)8)23-26-55(45)68-58)66(53)42-24-21-40(22-25-42)59(3,4)5/h17-26,31-37H,27-30H2,1-16H3. The third-order valence-electron chi connectivity index (χ3n) is 17.3. The first-order chi connectivity index (χ1) is 31.8. The monoisotopic (exact) mass is 897 g/mol. The quantitative estimate of drug-likeness (QED) is 0.165. The topological polar surface area (TPSA) is 19.6 Å². The Morgan fingerprint density at radius 1 is 0.500 bits per heavy atom. The third kappa shape index (κ3) is 6.73. The zero-order valence-corrected chi connectivity index (χ0v) is 44.0. The van der Waals surface area contributed by atoms with Gasteiger partial charge in [0.25, 0.3) is 6.71 Å². The second-order valence-corrected chi connectivity index (χ2v) is 26.1. The molecular weight excluding hydrogens is 824 g/mol. The predicted molar refractivity (Wildman–Crippen MR) is 293 cm³/mol. The summed E-state index contributed by atoms with van der Waals surface area (Å²) in [7, 11) is 0. The number of fused-ring (bicyclic) bond motifs is 8. The number of rotatable bonds is 3. The van der Waals surface area contributed by atoms with E-state index >= 15 is 0 Å². The largest absolute Gasteiger partial charge is 0.468 e. The molecule has 0 amide bonds. The number of hydrogen-bond acceptors (Lipinski definition) is 3. The maximum Gasteiger partial charge on any atom is 0.297 e. The number of furan rings is 1. The van der Waals surface area contributed by atoms with Crippen molar-refractivity contribution < 1.29 is 4.42 Å². The number of anilines is 6. The summed E-state index contributed by atoms with van der Waals surface area (Å²) in [5.41, 5.74) is 25.7. The smallest absolute Gasteiger partial charge is 0.297 e. The normalized spacial score (nSPS) is 18.4. The van der Waals surface area contributed by atoms with Crippen molar-refractivity contribution >= 4 is 68.4 Å². The first-order valence-corrected chi connectivity index (χ1v) is 25.6. The fourth-order valence-electron chi connectivity index (χ4n) is 12.7. The van der Waals surface area contributed by atoms with E-state index in [1.165, 1.54) is 107 Å². The molecule has 11 rings (SSSR count). The molecule has 0 unspecified atom stereocenters. The van der Waals surface area contributed by atoms with E-state index in [-0.39, 0.29) is 39.2 Å². The molecule has 2 aliphatic heterocycles. The van der Waals surface area contributed by atoms with Gasteiger partial charge < -0.3 is 14.2 Å². The van der Waals surface area contributed by atoms with Gasteiger partial charge in [-0.2, -0.15) is 0 Å². The van der Waals surface area contributed by atoms with Crippen molar-refractivity contribution in [3.05, 3.63) is 148 Å². The summed E-state index contributed by atoms with van der Waals surface area (Å²) < 4.78 is 7.48. The van der Waals surface area contributed by atoms with Crippen LogP contribution in [0.1, 0.15) is 167 Å². The SMILES string of the molecule is Cc1cc2c3c(c1)N(c1ccc(C(C)(C)C)cc1)c1c(oc4ccc(C(C)(C)C)cc14)B3c1cc3c(cc1N2c1cc2c(cc1-c1ccccc1C)C(C)(C)CCC2(C)C)C(C)(C)CCC3(C)C. The van der Waals surface area contributed by atoms with Gasteiger partial charge in [0.05, 0.1) is 17.0 Å². The van der Waals surface area contributed by atoms with E-state index in [1.807, 2.05) is 0 Å². The lowest BCUT2D eigenvalue weighted by Gasteiger charge is -2.47. The van der Waals surface area contributed by atoms with Gasteiger partial charge in [-0.05, 0) is 188 Å². The molecule has 0 bridgehead atoms. The van der Waals surface area contributed by atoms with Gasteiger partial charge in [0.1, 0.15) is 5.58 Å². The van der Waals surface area contributed by atoms with Crippen molar-refractivity contribution in [3.63, 3.8) is 0 Å². The van der Waals surface area contributed by atoms with Crippen molar-refractivity contribution in [2.24, 2.45) is 0 Å². The summed E-state index contributed by atoms with van der Waals surface area (Å²) in [6.45, 7) is 38.2. The van der Waals surface area contributed by atoms with Crippen LogP contribution in [0.3, 0.4) is 0 Å². The highest BCUT2D eigenvalue weighted by molar-refractivity contribution is 7.00. The first-order valence-electron chi connectivity index (χ1n) is 25.6. The molecule has 4 heteroatoms. The first kappa shape index (κ1) is 45.0. The molecule has 0 saturated carbocycles. The Balaban J connectivity index is 1.31. The van der Waals surface area contributed by atoms with Gasteiger partial charge in [0.2, 0.25) is 0 Å². The minimum Gasteiger partial charge on any atom is -0.468 e. The van der Waals surface area contributed by atoms with Crippen LogP contribution in [0.5, 0.6) is 0 Å². The summed E-state index contributed by atoms with van der Waals surface area (Å²) >= 11 is 0. The molecule has 0 saturated heterocycles.